The van der Waals surface area contributed by atoms with Gasteiger partial charge >= 0.3 is 12.0 Å². The van der Waals surface area contributed by atoms with Crippen molar-refractivity contribution in [2.45, 2.75) is 26.5 Å². The second-order valence-electron chi connectivity index (χ2n) is 6.15. The molecule has 1 aromatic heterocycles. The minimum Gasteiger partial charge on any atom is -0.444 e. The average Bonchev–Trinajstić information content (AvgIpc) is 3.14. The molecule has 29 heavy (non-hydrogen) atoms. The molecular formula is C20H21N5O4. The Bertz CT molecular complexity index is 1030. The van der Waals surface area contributed by atoms with E-state index in [1.807, 2.05) is 6.92 Å². The third-order valence-electron chi connectivity index (χ3n) is 4.19. The topological polar surface area (TPSA) is 115 Å². The molecule has 0 fully saturated rings. The van der Waals surface area contributed by atoms with Gasteiger partial charge in [0.05, 0.1) is 11.1 Å². The number of imide groups is 1. The fourth-order valence-electron chi connectivity index (χ4n) is 2.79. The molecule has 2 N–H and O–H groups in total. The van der Waals surface area contributed by atoms with Crippen LogP contribution in [0.5, 0.6) is 0 Å². The summed E-state index contributed by atoms with van der Waals surface area (Å²) in [7, 11) is 0. The summed E-state index contributed by atoms with van der Waals surface area (Å²) in [6.07, 6.45) is -1.28. The second kappa shape index (κ2) is 8.96. The van der Waals surface area contributed by atoms with Crippen LogP contribution in [0.15, 0.2) is 48.5 Å². The fourth-order valence-corrected chi connectivity index (χ4v) is 2.79. The molecule has 0 unspecified atom stereocenters. The van der Waals surface area contributed by atoms with Gasteiger partial charge in [-0.25, -0.2) is 14.3 Å². The van der Waals surface area contributed by atoms with Gasteiger partial charge in [-0.15, -0.1) is 5.10 Å². The van der Waals surface area contributed by atoms with E-state index >= 15 is 0 Å². The first kappa shape index (κ1) is 20.0. The molecule has 0 aliphatic heterocycles. The summed E-state index contributed by atoms with van der Waals surface area (Å²) in [4.78, 5) is 37.0. The molecule has 9 nitrogen and oxygen atoms in total. The fraction of sp³-hybridized carbons (Fsp3) is 0.250. The highest BCUT2D eigenvalue weighted by Crippen LogP contribution is 2.21. The van der Waals surface area contributed by atoms with Crippen LogP contribution in [0.2, 0.25) is 0 Å². The monoisotopic (exact) mass is 395 g/mol. The number of fused-ring (bicyclic) bond motifs is 1. The number of amides is 3. The Balaban J connectivity index is 1.84. The molecule has 1 heterocycles. The summed E-state index contributed by atoms with van der Waals surface area (Å²) in [6.45, 7) is 4.67. The molecule has 0 bridgehead atoms. The number of carbonyl (C=O) groups excluding carboxylic acids is 3. The van der Waals surface area contributed by atoms with Crippen LogP contribution >= 0.6 is 0 Å². The molecule has 0 aliphatic carbocycles. The summed E-state index contributed by atoms with van der Waals surface area (Å²) >= 11 is 0. The summed E-state index contributed by atoms with van der Waals surface area (Å²) in [5.41, 5.74) is 2.01. The molecule has 0 saturated carbocycles. The number of aryl methyl sites for hydroxylation is 1. The van der Waals surface area contributed by atoms with E-state index < -0.39 is 24.0 Å². The lowest BCUT2D eigenvalue weighted by Crippen LogP contribution is -2.42. The van der Waals surface area contributed by atoms with Crippen molar-refractivity contribution < 1.29 is 19.1 Å². The van der Waals surface area contributed by atoms with E-state index in [0.717, 1.165) is 5.52 Å². The number of aromatic nitrogens is 3. The third kappa shape index (κ3) is 4.57. The second-order valence-corrected chi connectivity index (χ2v) is 6.15. The minimum absolute atomic E-state index is 0.229. The van der Waals surface area contributed by atoms with Crippen LogP contribution in [-0.4, -0.2) is 39.4 Å². The van der Waals surface area contributed by atoms with Crippen molar-refractivity contribution in [1.82, 2.24) is 25.6 Å². The van der Waals surface area contributed by atoms with Gasteiger partial charge in [0.2, 0.25) is 6.10 Å². The highest BCUT2D eigenvalue weighted by atomic mass is 16.5. The average molecular weight is 395 g/mol. The summed E-state index contributed by atoms with van der Waals surface area (Å²) < 4.78 is 7.16. The number of esters is 1. The lowest BCUT2D eigenvalue weighted by atomic mass is 10.1. The van der Waals surface area contributed by atoms with Gasteiger partial charge in [-0.2, -0.15) is 0 Å². The standard InChI is InChI=1S/C20H21N5O4/c1-3-21-20(28)22-18(26)17(13-8-6-5-7-9-13)29-19(27)14-10-11-16-15(12-14)23-24-25(16)4-2/h5-12,17H,3-4H2,1-2H3,(H2,21,22,26,28)/t17-/m0/s1. The van der Waals surface area contributed by atoms with Crippen LogP contribution in [0.4, 0.5) is 4.79 Å². The van der Waals surface area contributed by atoms with Crippen molar-refractivity contribution in [3.8, 4) is 0 Å². The number of carbonyl (C=O) groups is 3. The van der Waals surface area contributed by atoms with Crippen LogP contribution in [0.25, 0.3) is 11.0 Å². The van der Waals surface area contributed by atoms with Crippen LogP contribution in [0, 0.1) is 0 Å². The van der Waals surface area contributed by atoms with E-state index in [9.17, 15) is 14.4 Å². The summed E-state index contributed by atoms with van der Waals surface area (Å²) in [5, 5.41) is 12.7. The van der Waals surface area contributed by atoms with Crippen molar-refractivity contribution in [2.75, 3.05) is 6.54 Å². The number of hydrogen-bond acceptors (Lipinski definition) is 6. The van der Waals surface area contributed by atoms with Gasteiger partial charge in [0.1, 0.15) is 5.52 Å². The van der Waals surface area contributed by atoms with Gasteiger partial charge in [-0.05, 0) is 32.0 Å². The third-order valence-corrected chi connectivity index (χ3v) is 4.19. The summed E-state index contributed by atoms with van der Waals surface area (Å²) in [5.74, 6) is -1.45. The molecule has 3 aromatic rings. The first-order chi connectivity index (χ1) is 14.0. The molecular weight excluding hydrogens is 374 g/mol. The van der Waals surface area contributed by atoms with Gasteiger partial charge in [0.15, 0.2) is 0 Å². The largest absolute Gasteiger partial charge is 0.444 e. The Kier molecular flexibility index (Phi) is 6.18. The smallest absolute Gasteiger partial charge is 0.339 e. The van der Waals surface area contributed by atoms with E-state index in [1.165, 1.54) is 0 Å². The molecule has 3 amide bonds. The number of benzene rings is 2. The molecule has 0 aliphatic rings. The Labute approximate surface area is 167 Å². The lowest BCUT2D eigenvalue weighted by Gasteiger charge is -2.17. The zero-order chi connectivity index (χ0) is 20.8. The SMILES string of the molecule is CCNC(=O)NC(=O)[C@@H](OC(=O)c1ccc2c(c1)nnn2CC)c1ccccc1. The van der Waals surface area contributed by atoms with Gasteiger partial charge in [-0.3, -0.25) is 10.1 Å². The normalized spacial score (nSPS) is 11.7. The lowest BCUT2D eigenvalue weighted by molar-refractivity contribution is -0.129. The maximum atomic E-state index is 12.7. The van der Waals surface area contributed by atoms with Gasteiger partial charge in [0.25, 0.3) is 5.91 Å². The molecule has 9 heteroatoms. The molecule has 0 spiro atoms. The Morgan fingerprint density at radius 2 is 1.86 bits per heavy atom. The van der Waals surface area contributed by atoms with Gasteiger partial charge in [-0.1, -0.05) is 35.5 Å². The predicted octanol–water partition coefficient (Wildman–Crippen LogP) is 2.20. The van der Waals surface area contributed by atoms with Crippen molar-refractivity contribution in [3.05, 3.63) is 59.7 Å². The number of ether oxygens (including phenoxy) is 1. The van der Waals surface area contributed by atoms with Crippen molar-refractivity contribution >= 4 is 28.9 Å². The summed E-state index contributed by atoms with van der Waals surface area (Å²) in [6, 6.07) is 12.7. The molecule has 150 valence electrons. The van der Waals surface area contributed by atoms with Crippen LogP contribution < -0.4 is 10.6 Å². The van der Waals surface area contributed by atoms with E-state index in [4.69, 9.17) is 4.74 Å². The number of hydrogen-bond donors (Lipinski definition) is 2. The Morgan fingerprint density at radius 3 is 2.55 bits per heavy atom. The Morgan fingerprint density at radius 1 is 1.10 bits per heavy atom. The first-order valence-corrected chi connectivity index (χ1v) is 9.21. The molecule has 2 aromatic carbocycles. The predicted molar refractivity (Wildman–Crippen MR) is 105 cm³/mol. The van der Waals surface area contributed by atoms with E-state index in [-0.39, 0.29) is 5.56 Å². The highest BCUT2D eigenvalue weighted by molar-refractivity contribution is 5.99. The molecule has 3 rings (SSSR count). The Hall–Kier alpha value is -3.75. The zero-order valence-corrected chi connectivity index (χ0v) is 16.1. The van der Waals surface area contributed by atoms with Crippen LogP contribution in [-0.2, 0) is 16.1 Å². The quantitative estimate of drug-likeness (QED) is 0.618. The van der Waals surface area contributed by atoms with Crippen molar-refractivity contribution in [2.24, 2.45) is 0 Å². The zero-order valence-electron chi connectivity index (χ0n) is 16.1. The van der Waals surface area contributed by atoms with Gasteiger partial charge in [0, 0.05) is 18.7 Å². The first-order valence-electron chi connectivity index (χ1n) is 9.21. The maximum Gasteiger partial charge on any atom is 0.339 e. The van der Waals surface area contributed by atoms with E-state index in [0.29, 0.717) is 24.2 Å². The number of rotatable bonds is 6. The molecule has 0 radical (unpaired) electrons. The maximum absolute atomic E-state index is 12.7. The minimum atomic E-state index is -1.28. The molecule has 0 saturated heterocycles. The van der Waals surface area contributed by atoms with Gasteiger partial charge < -0.3 is 10.1 Å². The van der Waals surface area contributed by atoms with E-state index in [1.54, 1.807) is 60.1 Å². The van der Waals surface area contributed by atoms with Crippen molar-refractivity contribution in [3.63, 3.8) is 0 Å². The van der Waals surface area contributed by atoms with Crippen LogP contribution in [0.3, 0.4) is 0 Å². The number of urea groups is 1. The van der Waals surface area contributed by atoms with Crippen LogP contribution in [0.1, 0.15) is 35.9 Å². The molecule has 1 atom stereocenters. The number of nitrogens with one attached hydrogen (secondary N) is 2. The highest BCUT2D eigenvalue weighted by Gasteiger charge is 2.27. The number of nitrogens with zero attached hydrogens (tertiary/aromatic N) is 3. The van der Waals surface area contributed by atoms with Crippen molar-refractivity contribution in [1.29, 1.82) is 0 Å². The van der Waals surface area contributed by atoms with E-state index in [2.05, 4.69) is 20.9 Å².